The van der Waals surface area contributed by atoms with E-state index in [4.69, 9.17) is 8.83 Å². The molecular weight excluding hydrogens is 240 g/mol. The highest BCUT2D eigenvalue weighted by molar-refractivity contribution is 5.43. The second-order valence-electron chi connectivity index (χ2n) is 5.33. The molecule has 1 fully saturated rings. The highest BCUT2D eigenvalue weighted by atomic mass is 16.4. The molecule has 3 rings (SSSR count). The fourth-order valence-electron chi connectivity index (χ4n) is 2.80. The molecule has 102 valence electrons. The Labute approximate surface area is 113 Å². The van der Waals surface area contributed by atoms with E-state index in [1.165, 1.54) is 32.1 Å². The van der Waals surface area contributed by atoms with Gasteiger partial charge in [-0.2, -0.15) is 0 Å². The minimum Gasteiger partial charge on any atom is -0.459 e. The van der Waals surface area contributed by atoms with Crippen molar-refractivity contribution >= 4 is 0 Å². The first-order chi connectivity index (χ1) is 9.33. The molecule has 0 atom stereocenters. The van der Waals surface area contributed by atoms with Crippen LogP contribution in [0, 0.1) is 0 Å². The Morgan fingerprint density at radius 1 is 1.26 bits per heavy atom. The SMILES string of the molecule is CN(Cc1coc(-c2ccco2)n1)C1CCCCC1. The minimum absolute atomic E-state index is 0.567. The maximum Gasteiger partial charge on any atom is 0.263 e. The summed E-state index contributed by atoms with van der Waals surface area (Å²) in [5.74, 6) is 1.25. The third-order valence-electron chi connectivity index (χ3n) is 3.89. The van der Waals surface area contributed by atoms with Crippen LogP contribution in [0.5, 0.6) is 0 Å². The van der Waals surface area contributed by atoms with Gasteiger partial charge in [-0.3, -0.25) is 4.90 Å². The first kappa shape index (κ1) is 12.5. The van der Waals surface area contributed by atoms with Gasteiger partial charge in [0.2, 0.25) is 0 Å². The zero-order valence-corrected chi connectivity index (χ0v) is 11.3. The predicted octanol–water partition coefficient (Wildman–Crippen LogP) is 3.70. The summed E-state index contributed by atoms with van der Waals surface area (Å²) in [4.78, 5) is 6.88. The maximum absolute atomic E-state index is 5.47. The van der Waals surface area contributed by atoms with Crippen molar-refractivity contribution in [3.8, 4) is 11.7 Å². The Hall–Kier alpha value is -1.55. The third-order valence-corrected chi connectivity index (χ3v) is 3.89. The smallest absolute Gasteiger partial charge is 0.263 e. The normalized spacial score (nSPS) is 17.2. The van der Waals surface area contributed by atoms with Crippen LogP contribution >= 0.6 is 0 Å². The fourth-order valence-corrected chi connectivity index (χ4v) is 2.80. The highest BCUT2D eigenvalue weighted by Gasteiger charge is 2.19. The number of rotatable bonds is 4. The first-order valence-electron chi connectivity index (χ1n) is 7.01. The number of hydrogen-bond acceptors (Lipinski definition) is 4. The van der Waals surface area contributed by atoms with E-state index in [2.05, 4.69) is 16.9 Å². The second kappa shape index (κ2) is 5.61. The van der Waals surface area contributed by atoms with Gasteiger partial charge in [-0.25, -0.2) is 4.98 Å². The van der Waals surface area contributed by atoms with Crippen molar-refractivity contribution in [1.82, 2.24) is 9.88 Å². The summed E-state index contributed by atoms with van der Waals surface area (Å²) < 4.78 is 10.8. The average molecular weight is 260 g/mol. The van der Waals surface area contributed by atoms with Gasteiger partial charge in [-0.1, -0.05) is 19.3 Å². The molecule has 1 aliphatic rings. The van der Waals surface area contributed by atoms with Crippen molar-refractivity contribution in [3.63, 3.8) is 0 Å². The third kappa shape index (κ3) is 2.89. The molecule has 2 aromatic heterocycles. The number of hydrogen-bond donors (Lipinski definition) is 0. The lowest BCUT2D eigenvalue weighted by Gasteiger charge is -2.30. The van der Waals surface area contributed by atoms with Crippen LogP contribution in [0.25, 0.3) is 11.7 Å². The van der Waals surface area contributed by atoms with E-state index in [0.29, 0.717) is 17.7 Å². The summed E-state index contributed by atoms with van der Waals surface area (Å²) in [6, 6.07) is 4.39. The standard InChI is InChI=1S/C15H20N2O2/c1-17(13-6-3-2-4-7-13)10-12-11-19-15(16-12)14-8-5-9-18-14/h5,8-9,11,13H,2-4,6-7,10H2,1H3. The minimum atomic E-state index is 0.567. The molecule has 2 heterocycles. The van der Waals surface area contributed by atoms with Crippen molar-refractivity contribution in [2.75, 3.05) is 7.05 Å². The molecule has 0 bridgehead atoms. The quantitative estimate of drug-likeness (QED) is 0.840. The molecule has 1 saturated carbocycles. The van der Waals surface area contributed by atoms with E-state index in [-0.39, 0.29) is 0 Å². The highest BCUT2D eigenvalue weighted by Crippen LogP contribution is 2.24. The molecule has 4 heteroatoms. The Bertz CT molecular complexity index is 498. The monoisotopic (exact) mass is 260 g/mol. The fraction of sp³-hybridized carbons (Fsp3) is 0.533. The van der Waals surface area contributed by atoms with Gasteiger partial charge in [-0.05, 0) is 32.0 Å². The van der Waals surface area contributed by atoms with Crippen LogP contribution in [0.4, 0.5) is 0 Å². The molecule has 1 aliphatic carbocycles. The van der Waals surface area contributed by atoms with Crippen LogP contribution < -0.4 is 0 Å². The van der Waals surface area contributed by atoms with E-state index in [9.17, 15) is 0 Å². The maximum atomic E-state index is 5.47. The molecule has 2 aromatic rings. The van der Waals surface area contributed by atoms with Crippen molar-refractivity contribution in [2.24, 2.45) is 0 Å². The molecule has 0 radical (unpaired) electrons. The lowest BCUT2D eigenvalue weighted by Crippen LogP contribution is -2.32. The Morgan fingerprint density at radius 2 is 2.11 bits per heavy atom. The molecule has 4 nitrogen and oxygen atoms in total. The van der Waals surface area contributed by atoms with E-state index < -0.39 is 0 Å². The van der Waals surface area contributed by atoms with E-state index in [0.717, 1.165) is 12.2 Å². The topological polar surface area (TPSA) is 42.4 Å². The van der Waals surface area contributed by atoms with Gasteiger partial charge in [0.05, 0.1) is 12.0 Å². The molecule has 19 heavy (non-hydrogen) atoms. The van der Waals surface area contributed by atoms with Crippen LogP contribution in [-0.4, -0.2) is 23.0 Å². The predicted molar refractivity (Wildman–Crippen MR) is 72.5 cm³/mol. The first-order valence-corrected chi connectivity index (χ1v) is 7.01. The largest absolute Gasteiger partial charge is 0.459 e. The Kier molecular flexibility index (Phi) is 3.69. The molecule has 0 aliphatic heterocycles. The summed E-state index contributed by atoms with van der Waals surface area (Å²) in [5, 5.41) is 0. The van der Waals surface area contributed by atoms with Crippen LogP contribution in [0.3, 0.4) is 0 Å². The van der Waals surface area contributed by atoms with Gasteiger partial charge in [0, 0.05) is 12.6 Å². The van der Waals surface area contributed by atoms with Gasteiger partial charge < -0.3 is 8.83 Å². The van der Waals surface area contributed by atoms with E-state index >= 15 is 0 Å². The molecule has 0 N–H and O–H groups in total. The van der Waals surface area contributed by atoms with Gasteiger partial charge in [0.1, 0.15) is 6.26 Å². The van der Waals surface area contributed by atoms with Crippen molar-refractivity contribution in [1.29, 1.82) is 0 Å². The van der Waals surface area contributed by atoms with Crippen LogP contribution in [-0.2, 0) is 6.54 Å². The molecule has 0 saturated heterocycles. The molecular formula is C15H20N2O2. The molecule has 0 aromatic carbocycles. The summed E-state index contributed by atoms with van der Waals surface area (Å²) in [6.45, 7) is 0.842. The van der Waals surface area contributed by atoms with E-state index in [1.807, 2.05) is 12.1 Å². The number of oxazole rings is 1. The van der Waals surface area contributed by atoms with E-state index in [1.54, 1.807) is 12.5 Å². The van der Waals surface area contributed by atoms with Crippen molar-refractivity contribution < 1.29 is 8.83 Å². The van der Waals surface area contributed by atoms with Crippen LogP contribution in [0.2, 0.25) is 0 Å². The van der Waals surface area contributed by atoms with Crippen molar-refractivity contribution in [2.45, 2.75) is 44.7 Å². The van der Waals surface area contributed by atoms with Gasteiger partial charge >= 0.3 is 0 Å². The Morgan fingerprint density at radius 3 is 2.84 bits per heavy atom. The lowest BCUT2D eigenvalue weighted by molar-refractivity contribution is 0.182. The summed E-state index contributed by atoms with van der Waals surface area (Å²) in [7, 11) is 2.18. The Balaban J connectivity index is 1.63. The van der Waals surface area contributed by atoms with Crippen molar-refractivity contribution in [3.05, 3.63) is 30.4 Å². The summed E-state index contributed by atoms with van der Waals surface area (Å²) in [6.07, 6.45) is 10.1. The zero-order valence-electron chi connectivity index (χ0n) is 11.3. The number of furan rings is 1. The molecule has 0 amide bonds. The van der Waals surface area contributed by atoms with Gasteiger partial charge in [-0.15, -0.1) is 0 Å². The van der Waals surface area contributed by atoms with Crippen LogP contribution in [0.1, 0.15) is 37.8 Å². The summed E-state index contributed by atoms with van der Waals surface area (Å²) >= 11 is 0. The lowest BCUT2D eigenvalue weighted by atomic mass is 9.94. The zero-order chi connectivity index (χ0) is 13.1. The number of nitrogens with zero attached hydrogens (tertiary/aromatic N) is 2. The molecule has 0 spiro atoms. The number of aromatic nitrogens is 1. The molecule has 0 unspecified atom stereocenters. The average Bonchev–Trinajstić information content (AvgIpc) is 3.10. The summed E-state index contributed by atoms with van der Waals surface area (Å²) in [5.41, 5.74) is 0.972. The van der Waals surface area contributed by atoms with Gasteiger partial charge in [0.25, 0.3) is 5.89 Å². The second-order valence-corrected chi connectivity index (χ2v) is 5.33. The van der Waals surface area contributed by atoms with Crippen LogP contribution in [0.15, 0.2) is 33.5 Å². The van der Waals surface area contributed by atoms with Gasteiger partial charge in [0.15, 0.2) is 5.76 Å².